The van der Waals surface area contributed by atoms with Crippen molar-refractivity contribution in [3.63, 3.8) is 0 Å². The summed E-state index contributed by atoms with van der Waals surface area (Å²) in [6, 6.07) is 10.6. The van der Waals surface area contributed by atoms with Gasteiger partial charge in [0.1, 0.15) is 13.2 Å². The van der Waals surface area contributed by atoms with Gasteiger partial charge in [0, 0.05) is 44.5 Å². The summed E-state index contributed by atoms with van der Waals surface area (Å²) in [7, 11) is 0. The van der Waals surface area contributed by atoms with Crippen molar-refractivity contribution in [2.75, 3.05) is 44.3 Å². The predicted molar refractivity (Wildman–Crippen MR) is 93.0 cm³/mol. The molecule has 0 spiro atoms. The first-order valence-corrected chi connectivity index (χ1v) is 8.53. The van der Waals surface area contributed by atoms with Crippen LogP contribution in [0, 0.1) is 5.82 Å². The molecule has 2 aliphatic rings. The zero-order chi connectivity index (χ0) is 17.2. The van der Waals surface area contributed by atoms with Gasteiger partial charge in [-0.25, -0.2) is 4.39 Å². The summed E-state index contributed by atoms with van der Waals surface area (Å²) in [5.41, 5.74) is 2.06. The molecule has 2 aliphatic heterocycles. The summed E-state index contributed by atoms with van der Waals surface area (Å²) in [6.45, 7) is 5.54. The SMILES string of the molecule is Oc1cc(CN2CCN(c3ccc4c(c3)OCCO4)CC2)ccc1F. The maximum atomic E-state index is 13.1. The van der Waals surface area contributed by atoms with Crippen LogP contribution in [0.5, 0.6) is 17.2 Å². The Morgan fingerprint density at radius 3 is 2.44 bits per heavy atom. The van der Waals surface area contributed by atoms with Gasteiger partial charge < -0.3 is 19.5 Å². The van der Waals surface area contributed by atoms with Gasteiger partial charge in [-0.15, -0.1) is 0 Å². The van der Waals surface area contributed by atoms with Crippen LogP contribution >= 0.6 is 0 Å². The maximum Gasteiger partial charge on any atom is 0.164 e. The second-order valence-corrected chi connectivity index (χ2v) is 6.38. The molecule has 5 nitrogen and oxygen atoms in total. The van der Waals surface area contributed by atoms with Crippen LogP contribution in [-0.4, -0.2) is 49.4 Å². The Hall–Kier alpha value is -2.47. The number of phenolic OH excluding ortho intramolecular Hbond substituents is 1. The van der Waals surface area contributed by atoms with E-state index < -0.39 is 5.82 Å². The Balaban J connectivity index is 1.37. The quantitative estimate of drug-likeness (QED) is 0.927. The first-order valence-electron chi connectivity index (χ1n) is 8.53. The molecule has 1 saturated heterocycles. The number of anilines is 1. The number of ether oxygens (including phenoxy) is 2. The van der Waals surface area contributed by atoms with Crippen molar-refractivity contribution in [2.45, 2.75) is 6.54 Å². The number of benzene rings is 2. The minimum atomic E-state index is -0.577. The van der Waals surface area contributed by atoms with Crippen molar-refractivity contribution in [1.29, 1.82) is 0 Å². The van der Waals surface area contributed by atoms with E-state index in [2.05, 4.69) is 15.9 Å². The molecule has 6 heteroatoms. The fraction of sp³-hybridized carbons (Fsp3) is 0.368. The lowest BCUT2D eigenvalue weighted by Gasteiger charge is -2.36. The molecule has 132 valence electrons. The normalized spacial score (nSPS) is 17.6. The van der Waals surface area contributed by atoms with Gasteiger partial charge >= 0.3 is 0 Å². The van der Waals surface area contributed by atoms with E-state index >= 15 is 0 Å². The van der Waals surface area contributed by atoms with E-state index in [1.807, 2.05) is 12.1 Å². The average Bonchev–Trinajstić information content (AvgIpc) is 2.65. The van der Waals surface area contributed by atoms with E-state index in [4.69, 9.17) is 9.47 Å². The Morgan fingerprint density at radius 2 is 1.68 bits per heavy atom. The monoisotopic (exact) mass is 344 g/mol. The van der Waals surface area contributed by atoms with Gasteiger partial charge in [-0.2, -0.15) is 0 Å². The third kappa shape index (κ3) is 3.49. The molecule has 0 saturated carbocycles. The van der Waals surface area contributed by atoms with Crippen molar-refractivity contribution in [2.24, 2.45) is 0 Å². The number of rotatable bonds is 3. The number of fused-ring (bicyclic) bond motifs is 1. The highest BCUT2D eigenvalue weighted by Gasteiger charge is 2.20. The van der Waals surface area contributed by atoms with Crippen LogP contribution in [0.4, 0.5) is 10.1 Å². The van der Waals surface area contributed by atoms with Gasteiger partial charge in [-0.3, -0.25) is 4.90 Å². The van der Waals surface area contributed by atoms with Crippen LogP contribution in [0.1, 0.15) is 5.56 Å². The van der Waals surface area contributed by atoms with Crippen molar-refractivity contribution in [3.8, 4) is 17.2 Å². The molecular weight excluding hydrogens is 323 g/mol. The van der Waals surface area contributed by atoms with Crippen molar-refractivity contribution in [3.05, 3.63) is 47.8 Å². The van der Waals surface area contributed by atoms with Crippen molar-refractivity contribution in [1.82, 2.24) is 4.90 Å². The lowest BCUT2D eigenvalue weighted by atomic mass is 10.1. The zero-order valence-electron chi connectivity index (χ0n) is 13.9. The highest BCUT2D eigenvalue weighted by molar-refractivity contribution is 5.57. The predicted octanol–water partition coefficient (Wildman–Crippen LogP) is 2.62. The van der Waals surface area contributed by atoms with Gasteiger partial charge in [0.15, 0.2) is 23.1 Å². The van der Waals surface area contributed by atoms with E-state index in [9.17, 15) is 9.50 Å². The molecule has 0 aromatic heterocycles. The molecule has 4 rings (SSSR count). The Kier molecular flexibility index (Phi) is 4.36. The lowest BCUT2D eigenvalue weighted by molar-refractivity contribution is 0.171. The highest BCUT2D eigenvalue weighted by atomic mass is 19.1. The molecule has 0 aliphatic carbocycles. The largest absolute Gasteiger partial charge is 0.505 e. The highest BCUT2D eigenvalue weighted by Crippen LogP contribution is 2.34. The lowest BCUT2D eigenvalue weighted by Crippen LogP contribution is -2.46. The molecular formula is C19H21FN2O3. The zero-order valence-corrected chi connectivity index (χ0v) is 13.9. The molecule has 0 atom stereocenters. The van der Waals surface area contributed by atoms with Gasteiger partial charge in [-0.1, -0.05) is 6.07 Å². The summed E-state index contributed by atoms with van der Waals surface area (Å²) in [6.07, 6.45) is 0. The number of nitrogens with zero attached hydrogens (tertiary/aromatic N) is 2. The molecule has 0 amide bonds. The Labute approximate surface area is 146 Å². The van der Waals surface area contributed by atoms with E-state index in [-0.39, 0.29) is 5.75 Å². The summed E-state index contributed by atoms with van der Waals surface area (Å²) < 4.78 is 24.4. The maximum absolute atomic E-state index is 13.1. The Bertz CT molecular complexity index is 760. The summed E-state index contributed by atoms with van der Waals surface area (Å²) in [4.78, 5) is 4.64. The third-order valence-corrected chi connectivity index (χ3v) is 4.68. The molecule has 0 unspecified atom stereocenters. The molecule has 0 radical (unpaired) electrons. The standard InChI is InChI=1S/C19H21FN2O3/c20-16-3-1-14(11-17(16)23)13-21-5-7-22(8-6-21)15-2-4-18-19(12-15)25-10-9-24-18/h1-4,11-12,23H,5-10,13H2. The van der Waals surface area contributed by atoms with E-state index in [0.29, 0.717) is 19.8 Å². The molecule has 2 heterocycles. The van der Waals surface area contributed by atoms with E-state index in [1.54, 1.807) is 6.07 Å². The number of halogens is 1. The molecule has 0 bridgehead atoms. The van der Waals surface area contributed by atoms with E-state index in [1.165, 1.54) is 12.1 Å². The molecule has 1 N–H and O–H groups in total. The van der Waals surface area contributed by atoms with Crippen LogP contribution in [0.3, 0.4) is 0 Å². The molecule has 1 fully saturated rings. The van der Waals surface area contributed by atoms with Gasteiger partial charge in [0.2, 0.25) is 0 Å². The second kappa shape index (κ2) is 6.80. The van der Waals surface area contributed by atoms with E-state index in [0.717, 1.165) is 48.9 Å². The fourth-order valence-corrected chi connectivity index (χ4v) is 3.31. The molecule has 25 heavy (non-hydrogen) atoms. The van der Waals surface area contributed by atoms with Crippen molar-refractivity contribution >= 4 is 5.69 Å². The van der Waals surface area contributed by atoms with Gasteiger partial charge in [-0.05, 0) is 29.8 Å². The number of phenols is 1. The van der Waals surface area contributed by atoms with Gasteiger partial charge in [0.25, 0.3) is 0 Å². The van der Waals surface area contributed by atoms with Crippen LogP contribution in [0.2, 0.25) is 0 Å². The van der Waals surface area contributed by atoms with Crippen LogP contribution in [0.25, 0.3) is 0 Å². The first-order chi connectivity index (χ1) is 12.2. The van der Waals surface area contributed by atoms with Crippen molar-refractivity contribution < 1.29 is 19.0 Å². The average molecular weight is 344 g/mol. The number of aromatic hydroxyl groups is 1. The van der Waals surface area contributed by atoms with Crippen LogP contribution in [-0.2, 0) is 6.54 Å². The topological polar surface area (TPSA) is 45.2 Å². The molecule has 2 aromatic carbocycles. The number of hydrogen-bond donors (Lipinski definition) is 1. The van der Waals surface area contributed by atoms with Crippen LogP contribution in [0.15, 0.2) is 36.4 Å². The third-order valence-electron chi connectivity index (χ3n) is 4.68. The molecule has 2 aromatic rings. The van der Waals surface area contributed by atoms with Gasteiger partial charge in [0.05, 0.1) is 0 Å². The fourth-order valence-electron chi connectivity index (χ4n) is 3.31. The minimum Gasteiger partial charge on any atom is -0.505 e. The smallest absolute Gasteiger partial charge is 0.164 e. The number of hydrogen-bond acceptors (Lipinski definition) is 5. The minimum absolute atomic E-state index is 0.285. The summed E-state index contributed by atoms with van der Waals surface area (Å²) in [5.74, 6) is 0.761. The first kappa shape index (κ1) is 16.0. The van der Waals surface area contributed by atoms with Crippen LogP contribution < -0.4 is 14.4 Å². The Morgan fingerprint density at radius 1 is 0.920 bits per heavy atom. The number of piperazine rings is 1. The summed E-state index contributed by atoms with van der Waals surface area (Å²) in [5, 5.41) is 9.49. The second-order valence-electron chi connectivity index (χ2n) is 6.38. The summed E-state index contributed by atoms with van der Waals surface area (Å²) >= 11 is 0.